The molecular formula is C18H34O3. The Labute approximate surface area is 130 Å². The van der Waals surface area contributed by atoms with Crippen LogP contribution in [0.15, 0.2) is 0 Å². The number of carbonyl (C=O) groups is 1. The largest absolute Gasteiger partial charge is 0.459 e. The lowest BCUT2D eigenvalue weighted by Gasteiger charge is -2.59. The van der Waals surface area contributed by atoms with E-state index >= 15 is 0 Å². The van der Waals surface area contributed by atoms with E-state index in [1.54, 1.807) is 0 Å². The van der Waals surface area contributed by atoms with Crippen LogP contribution in [0.25, 0.3) is 0 Å². The zero-order chi connectivity index (χ0) is 13.9. The van der Waals surface area contributed by atoms with Crippen molar-refractivity contribution in [1.82, 2.24) is 0 Å². The number of rotatable bonds is 3. The summed E-state index contributed by atoms with van der Waals surface area (Å²) in [6, 6.07) is 0. The third-order valence-corrected chi connectivity index (χ3v) is 5.72. The Balaban J connectivity index is 0.00000110. The molecule has 4 aliphatic carbocycles. The first-order valence-electron chi connectivity index (χ1n) is 7.72. The highest BCUT2D eigenvalue weighted by Crippen LogP contribution is 2.59. The van der Waals surface area contributed by atoms with Gasteiger partial charge in [0.25, 0.3) is 0 Å². The molecule has 3 heteroatoms. The zero-order valence-corrected chi connectivity index (χ0v) is 12.4. The summed E-state index contributed by atoms with van der Waals surface area (Å²) < 4.78 is 5.97. The standard InChI is InChI=1S/C16H26O3.2CH4/c1-4-14(2,3)13(17)19-16-8-11-5-12(9-16)7-15(18,6-11)10-16;;/h11-12,18H,4-10H2,1-3H3;2*1H4. The molecule has 1 N–H and O–H groups in total. The van der Waals surface area contributed by atoms with Gasteiger partial charge >= 0.3 is 5.97 Å². The topological polar surface area (TPSA) is 46.5 Å². The lowest BCUT2D eigenvalue weighted by atomic mass is 9.52. The molecule has 0 radical (unpaired) electrons. The van der Waals surface area contributed by atoms with Crippen molar-refractivity contribution >= 4 is 5.97 Å². The molecule has 21 heavy (non-hydrogen) atoms. The smallest absolute Gasteiger partial charge is 0.312 e. The van der Waals surface area contributed by atoms with Gasteiger partial charge in [-0.1, -0.05) is 21.8 Å². The summed E-state index contributed by atoms with van der Waals surface area (Å²) in [4.78, 5) is 12.4. The Morgan fingerprint density at radius 1 is 1.19 bits per heavy atom. The molecule has 3 nitrogen and oxygen atoms in total. The second-order valence-electron chi connectivity index (χ2n) is 8.00. The first kappa shape index (κ1) is 18.5. The van der Waals surface area contributed by atoms with Crippen LogP contribution >= 0.6 is 0 Å². The molecule has 0 aromatic rings. The molecule has 4 fully saturated rings. The molecule has 0 aromatic carbocycles. The van der Waals surface area contributed by atoms with Gasteiger partial charge in [0.2, 0.25) is 0 Å². The predicted molar refractivity (Wildman–Crippen MR) is 86.0 cm³/mol. The second kappa shape index (κ2) is 5.57. The number of ether oxygens (including phenoxy) is 1. The van der Waals surface area contributed by atoms with Gasteiger partial charge in [-0.15, -0.1) is 0 Å². The minimum atomic E-state index is -0.555. The molecule has 0 aliphatic heterocycles. The van der Waals surface area contributed by atoms with E-state index in [2.05, 4.69) is 0 Å². The van der Waals surface area contributed by atoms with E-state index in [4.69, 9.17) is 4.74 Å². The van der Waals surface area contributed by atoms with Crippen molar-refractivity contribution in [2.45, 2.75) is 91.8 Å². The second-order valence-corrected chi connectivity index (χ2v) is 8.00. The fraction of sp³-hybridized carbons (Fsp3) is 0.944. The fourth-order valence-corrected chi connectivity index (χ4v) is 4.73. The summed E-state index contributed by atoms with van der Waals surface area (Å²) in [5, 5.41) is 10.6. The predicted octanol–water partition coefficient (Wildman–Crippen LogP) is 4.32. The molecular weight excluding hydrogens is 264 g/mol. The van der Waals surface area contributed by atoms with Crippen molar-refractivity contribution in [3.05, 3.63) is 0 Å². The maximum Gasteiger partial charge on any atom is 0.312 e. The van der Waals surface area contributed by atoms with Gasteiger partial charge in [-0.3, -0.25) is 4.79 Å². The SMILES string of the molecule is C.C.CCC(C)(C)C(=O)OC12CC3CC(CC(O)(C3)C1)C2. The van der Waals surface area contributed by atoms with E-state index < -0.39 is 11.0 Å². The monoisotopic (exact) mass is 298 g/mol. The van der Waals surface area contributed by atoms with Gasteiger partial charge < -0.3 is 9.84 Å². The van der Waals surface area contributed by atoms with E-state index in [0.29, 0.717) is 18.3 Å². The van der Waals surface area contributed by atoms with Crippen LogP contribution < -0.4 is 0 Å². The summed E-state index contributed by atoms with van der Waals surface area (Å²) in [5.74, 6) is 1.04. The molecule has 2 unspecified atom stereocenters. The van der Waals surface area contributed by atoms with E-state index in [-0.39, 0.29) is 26.4 Å². The quantitative estimate of drug-likeness (QED) is 0.789. The number of aliphatic hydroxyl groups is 1. The zero-order valence-electron chi connectivity index (χ0n) is 12.4. The first-order valence-corrected chi connectivity index (χ1v) is 7.72. The minimum Gasteiger partial charge on any atom is -0.459 e. The summed E-state index contributed by atoms with van der Waals surface area (Å²) in [6.07, 6.45) is 6.45. The summed E-state index contributed by atoms with van der Waals surface area (Å²) in [5.41, 5.74) is -1.32. The van der Waals surface area contributed by atoms with Crippen LogP contribution in [0.5, 0.6) is 0 Å². The van der Waals surface area contributed by atoms with Crippen LogP contribution in [-0.2, 0) is 9.53 Å². The molecule has 0 spiro atoms. The van der Waals surface area contributed by atoms with Crippen molar-refractivity contribution in [2.75, 3.05) is 0 Å². The molecule has 0 aromatic heterocycles. The highest BCUT2D eigenvalue weighted by molar-refractivity contribution is 5.76. The Bertz CT molecular complexity index is 385. The van der Waals surface area contributed by atoms with Gasteiger partial charge in [-0.25, -0.2) is 0 Å². The maximum absolute atomic E-state index is 12.4. The van der Waals surface area contributed by atoms with Gasteiger partial charge in [0.05, 0.1) is 11.0 Å². The molecule has 4 aliphatic rings. The van der Waals surface area contributed by atoms with E-state index in [0.717, 1.165) is 32.1 Å². The van der Waals surface area contributed by atoms with Crippen molar-refractivity contribution < 1.29 is 14.6 Å². The van der Waals surface area contributed by atoms with Crippen LogP contribution in [0.3, 0.4) is 0 Å². The molecule has 0 saturated heterocycles. The molecule has 0 amide bonds. The van der Waals surface area contributed by atoms with Gasteiger partial charge in [-0.05, 0) is 64.2 Å². The Morgan fingerprint density at radius 3 is 2.14 bits per heavy atom. The normalized spacial score (nSPS) is 40.2. The van der Waals surface area contributed by atoms with Crippen molar-refractivity contribution in [3.8, 4) is 0 Å². The number of hydrogen-bond acceptors (Lipinski definition) is 3. The van der Waals surface area contributed by atoms with Crippen LogP contribution in [0.4, 0.5) is 0 Å². The molecule has 124 valence electrons. The van der Waals surface area contributed by atoms with E-state index in [1.807, 2.05) is 20.8 Å². The van der Waals surface area contributed by atoms with Crippen LogP contribution in [0.1, 0.15) is 80.6 Å². The Kier molecular flexibility index (Phi) is 4.90. The highest BCUT2D eigenvalue weighted by atomic mass is 16.6. The average molecular weight is 298 g/mol. The summed E-state index contributed by atoms with van der Waals surface area (Å²) in [6.45, 7) is 5.92. The maximum atomic E-state index is 12.4. The fourth-order valence-electron chi connectivity index (χ4n) is 4.73. The molecule has 4 rings (SSSR count). The van der Waals surface area contributed by atoms with Gasteiger partial charge in [0.1, 0.15) is 5.60 Å². The van der Waals surface area contributed by atoms with Crippen LogP contribution in [0.2, 0.25) is 0 Å². The van der Waals surface area contributed by atoms with E-state index in [9.17, 15) is 9.90 Å². The Hall–Kier alpha value is -0.570. The number of carbonyl (C=O) groups excluding carboxylic acids is 1. The summed E-state index contributed by atoms with van der Waals surface area (Å²) >= 11 is 0. The first-order chi connectivity index (χ1) is 8.76. The molecule has 4 bridgehead atoms. The van der Waals surface area contributed by atoms with Gasteiger partial charge in [-0.2, -0.15) is 0 Å². The van der Waals surface area contributed by atoms with Crippen LogP contribution in [-0.4, -0.2) is 22.3 Å². The number of hydrogen-bond donors (Lipinski definition) is 1. The summed E-state index contributed by atoms with van der Waals surface area (Å²) in [7, 11) is 0. The molecule has 2 atom stereocenters. The number of esters is 1. The van der Waals surface area contributed by atoms with E-state index in [1.165, 1.54) is 6.42 Å². The molecule has 4 saturated carbocycles. The lowest BCUT2D eigenvalue weighted by Crippen LogP contribution is -2.61. The van der Waals surface area contributed by atoms with Gasteiger partial charge in [0.15, 0.2) is 0 Å². The highest BCUT2D eigenvalue weighted by Gasteiger charge is 2.59. The lowest BCUT2D eigenvalue weighted by molar-refractivity contribution is -0.225. The molecule has 0 heterocycles. The van der Waals surface area contributed by atoms with Crippen molar-refractivity contribution in [2.24, 2.45) is 17.3 Å². The van der Waals surface area contributed by atoms with Gasteiger partial charge in [0, 0.05) is 6.42 Å². The van der Waals surface area contributed by atoms with Crippen molar-refractivity contribution in [3.63, 3.8) is 0 Å². The minimum absolute atomic E-state index is 0. The third kappa shape index (κ3) is 3.13. The third-order valence-electron chi connectivity index (χ3n) is 5.72. The average Bonchev–Trinajstić information content (AvgIpc) is 2.24. The Morgan fingerprint density at radius 2 is 1.71 bits per heavy atom. The van der Waals surface area contributed by atoms with Crippen LogP contribution in [0, 0.1) is 17.3 Å². The van der Waals surface area contributed by atoms with Crippen molar-refractivity contribution in [1.29, 1.82) is 0 Å².